The number of nitrogens with zero attached hydrogens (tertiary/aromatic N) is 1. The predicted octanol–water partition coefficient (Wildman–Crippen LogP) is 1.68. The first-order valence-electron chi connectivity index (χ1n) is 6.28. The molecule has 0 unspecified atom stereocenters. The average Bonchev–Trinajstić information content (AvgIpc) is 2.39. The van der Waals surface area contributed by atoms with Crippen molar-refractivity contribution in [2.45, 2.75) is 12.3 Å². The minimum Gasteiger partial charge on any atom is -0.507 e. The largest absolute Gasteiger partial charge is 0.507 e. The van der Waals surface area contributed by atoms with Crippen molar-refractivity contribution in [1.29, 1.82) is 0 Å². The number of morpholine rings is 1. The number of carbonyl (C=O) groups excluding carboxylic acids is 1. The summed E-state index contributed by atoms with van der Waals surface area (Å²) in [6.07, 6.45) is -5.42. The van der Waals surface area contributed by atoms with Crippen molar-refractivity contribution >= 4 is 11.6 Å². The van der Waals surface area contributed by atoms with Gasteiger partial charge in [0.25, 0.3) is 5.91 Å². The second-order valence-corrected chi connectivity index (χ2v) is 4.84. The van der Waals surface area contributed by atoms with Crippen molar-refractivity contribution in [3.05, 3.63) is 23.8 Å². The van der Waals surface area contributed by atoms with E-state index in [4.69, 9.17) is 4.74 Å². The minimum atomic E-state index is -4.69. The van der Waals surface area contributed by atoms with Crippen LogP contribution in [0.5, 0.6) is 5.75 Å². The number of rotatable bonds is 2. The normalized spacial score (nSPS) is 20.3. The maximum atomic E-state index is 12.7. The third-order valence-corrected chi connectivity index (χ3v) is 3.13. The van der Waals surface area contributed by atoms with Crippen LogP contribution in [-0.4, -0.2) is 48.8 Å². The van der Waals surface area contributed by atoms with Gasteiger partial charge in [-0.2, -0.15) is 13.2 Å². The van der Waals surface area contributed by atoms with Gasteiger partial charge >= 0.3 is 6.18 Å². The van der Waals surface area contributed by atoms with E-state index < -0.39 is 29.5 Å². The number of halogens is 3. The summed E-state index contributed by atoms with van der Waals surface area (Å²) in [5.41, 5.74) is -1.23. The molecule has 1 aliphatic heterocycles. The van der Waals surface area contributed by atoms with Gasteiger partial charge < -0.3 is 20.1 Å². The molecule has 1 fully saturated rings. The second kappa shape index (κ2) is 5.90. The van der Waals surface area contributed by atoms with Crippen LogP contribution in [0.3, 0.4) is 0 Å². The molecule has 21 heavy (non-hydrogen) atoms. The molecule has 0 aliphatic carbocycles. The highest BCUT2D eigenvalue weighted by molar-refractivity contribution is 5.94. The van der Waals surface area contributed by atoms with E-state index in [1.165, 1.54) is 6.07 Å². The Balaban J connectivity index is 2.11. The molecule has 2 rings (SSSR count). The van der Waals surface area contributed by atoms with Crippen LogP contribution in [0.1, 0.15) is 5.56 Å². The van der Waals surface area contributed by atoms with Crippen molar-refractivity contribution in [3.63, 3.8) is 0 Å². The number of amides is 1. The van der Waals surface area contributed by atoms with Gasteiger partial charge in [-0.3, -0.25) is 4.79 Å². The fraction of sp³-hybridized carbons (Fsp3) is 0.462. The molecule has 0 radical (unpaired) electrons. The summed E-state index contributed by atoms with van der Waals surface area (Å²) < 4.78 is 43.3. The highest BCUT2D eigenvalue weighted by Gasteiger charge is 2.34. The van der Waals surface area contributed by atoms with E-state index >= 15 is 0 Å². The van der Waals surface area contributed by atoms with Gasteiger partial charge in [0, 0.05) is 18.8 Å². The average molecular weight is 304 g/mol. The number of phenols is 1. The van der Waals surface area contributed by atoms with Crippen LogP contribution in [0.2, 0.25) is 0 Å². The lowest BCUT2D eigenvalue weighted by Crippen LogP contribution is -2.46. The number of phenolic OH excluding ortho intramolecular Hbond substituents is 1. The monoisotopic (exact) mass is 304 g/mol. The Morgan fingerprint density at radius 3 is 2.81 bits per heavy atom. The fourth-order valence-electron chi connectivity index (χ4n) is 2.00. The molecule has 1 aromatic carbocycles. The van der Waals surface area contributed by atoms with Gasteiger partial charge in [-0.15, -0.1) is 0 Å². The second-order valence-electron chi connectivity index (χ2n) is 4.84. The molecule has 1 saturated heterocycles. The molecular weight excluding hydrogens is 289 g/mol. The zero-order chi connectivity index (χ0) is 15.6. The SMILES string of the molecule is CN1CCO[C@@H](C(=O)Nc2ccc(O)c(C(F)(F)F)c2)C1. The van der Waals surface area contributed by atoms with Crippen molar-refractivity contribution in [2.24, 2.45) is 0 Å². The van der Waals surface area contributed by atoms with E-state index in [1.807, 2.05) is 11.9 Å². The number of alkyl halides is 3. The molecule has 0 bridgehead atoms. The Labute approximate surface area is 119 Å². The van der Waals surface area contributed by atoms with Gasteiger partial charge in [0.2, 0.25) is 0 Å². The number of benzene rings is 1. The van der Waals surface area contributed by atoms with Gasteiger partial charge in [0.1, 0.15) is 11.9 Å². The van der Waals surface area contributed by atoms with E-state index in [9.17, 15) is 23.1 Å². The highest BCUT2D eigenvalue weighted by atomic mass is 19.4. The number of ether oxygens (including phenoxy) is 1. The third kappa shape index (κ3) is 3.85. The molecule has 0 saturated carbocycles. The van der Waals surface area contributed by atoms with Crippen molar-refractivity contribution in [2.75, 3.05) is 32.1 Å². The van der Waals surface area contributed by atoms with Crippen molar-refractivity contribution in [3.8, 4) is 5.75 Å². The number of likely N-dealkylation sites (N-methyl/N-ethyl adjacent to an activating group) is 1. The molecule has 0 spiro atoms. The minimum absolute atomic E-state index is 0.0399. The Morgan fingerprint density at radius 2 is 2.19 bits per heavy atom. The smallest absolute Gasteiger partial charge is 0.420 e. The van der Waals surface area contributed by atoms with Crippen LogP contribution in [0.15, 0.2) is 18.2 Å². The molecule has 1 aliphatic rings. The van der Waals surface area contributed by atoms with Crippen LogP contribution in [0, 0.1) is 0 Å². The zero-order valence-corrected chi connectivity index (χ0v) is 11.3. The molecule has 1 atom stereocenters. The van der Waals surface area contributed by atoms with Crippen LogP contribution < -0.4 is 5.32 Å². The molecule has 5 nitrogen and oxygen atoms in total. The molecule has 116 valence electrons. The predicted molar refractivity (Wildman–Crippen MR) is 69.0 cm³/mol. The number of anilines is 1. The van der Waals surface area contributed by atoms with Crippen LogP contribution in [0.4, 0.5) is 18.9 Å². The van der Waals surface area contributed by atoms with Gasteiger partial charge in [0.05, 0.1) is 12.2 Å². The van der Waals surface area contributed by atoms with E-state index in [1.54, 1.807) is 0 Å². The zero-order valence-electron chi connectivity index (χ0n) is 11.3. The number of nitrogens with one attached hydrogen (secondary N) is 1. The molecule has 0 aromatic heterocycles. The molecular formula is C13H15F3N2O3. The Morgan fingerprint density at radius 1 is 1.48 bits per heavy atom. The molecule has 2 N–H and O–H groups in total. The maximum absolute atomic E-state index is 12.7. The summed E-state index contributed by atoms with van der Waals surface area (Å²) in [6.45, 7) is 1.45. The Hall–Kier alpha value is -1.80. The van der Waals surface area contributed by atoms with Crippen LogP contribution >= 0.6 is 0 Å². The number of hydrogen-bond acceptors (Lipinski definition) is 4. The van der Waals surface area contributed by atoms with Crippen molar-refractivity contribution in [1.82, 2.24) is 4.90 Å². The van der Waals surface area contributed by atoms with Crippen molar-refractivity contribution < 1.29 is 27.8 Å². The quantitative estimate of drug-likeness (QED) is 0.816. The summed E-state index contributed by atoms with van der Waals surface area (Å²) in [7, 11) is 1.82. The lowest BCUT2D eigenvalue weighted by atomic mass is 10.1. The summed E-state index contributed by atoms with van der Waals surface area (Å²) in [4.78, 5) is 13.8. The highest BCUT2D eigenvalue weighted by Crippen LogP contribution is 2.37. The molecule has 1 aromatic rings. The van der Waals surface area contributed by atoms with Gasteiger partial charge in [0.15, 0.2) is 0 Å². The summed E-state index contributed by atoms with van der Waals surface area (Å²) in [5, 5.41) is 11.6. The van der Waals surface area contributed by atoms with E-state index in [-0.39, 0.29) is 5.69 Å². The lowest BCUT2D eigenvalue weighted by Gasteiger charge is -2.29. The fourth-order valence-corrected chi connectivity index (χ4v) is 2.00. The standard InChI is InChI=1S/C13H15F3N2O3/c1-18-4-5-21-11(7-18)12(20)17-8-2-3-10(19)9(6-8)13(14,15)16/h2-3,6,11,19H,4-5,7H2,1H3,(H,17,20)/t11-/m1/s1. The first-order chi connectivity index (χ1) is 9.77. The summed E-state index contributed by atoms with van der Waals surface area (Å²) in [6, 6.07) is 2.79. The third-order valence-electron chi connectivity index (χ3n) is 3.13. The first kappa shape index (κ1) is 15.6. The van der Waals surface area contributed by atoms with Crippen LogP contribution in [-0.2, 0) is 15.7 Å². The Bertz CT molecular complexity index is 534. The number of hydrogen-bond donors (Lipinski definition) is 2. The lowest BCUT2D eigenvalue weighted by molar-refractivity contribution is -0.139. The van der Waals surface area contributed by atoms with E-state index in [0.717, 1.165) is 6.07 Å². The van der Waals surface area contributed by atoms with Gasteiger partial charge in [-0.1, -0.05) is 0 Å². The Kier molecular flexibility index (Phi) is 4.38. The molecule has 8 heteroatoms. The van der Waals surface area contributed by atoms with Crippen LogP contribution in [0.25, 0.3) is 0 Å². The summed E-state index contributed by atoms with van der Waals surface area (Å²) >= 11 is 0. The molecule has 1 amide bonds. The van der Waals surface area contributed by atoms with E-state index in [2.05, 4.69) is 5.32 Å². The number of aromatic hydroxyl groups is 1. The van der Waals surface area contributed by atoms with Gasteiger partial charge in [-0.25, -0.2) is 0 Å². The molecule has 1 heterocycles. The topological polar surface area (TPSA) is 61.8 Å². The number of carbonyl (C=O) groups is 1. The van der Waals surface area contributed by atoms with E-state index in [0.29, 0.717) is 25.8 Å². The maximum Gasteiger partial charge on any atom is 0.420 e. The first-order valence-corrected chi connectivity index (χ1v) is 6.28. The summed E-state index contributed by atoms with van der Waals surface area (Å²) in [5.74, 6) is -1.39. The van der Waals surface area contributed by atoms with Gasteiger partial charge in [-0.05, 0) is 25.2 Å².